The highest BCUT2D eigenvalue weighted by molar-refractivity contribution is 5.55. The SMILES string of the molecule is N#Cc1ncn(-c2ccc(N)c(C(F)(F)F)c2)c1C#N. The second-order valence-electron chi connectivity index (χ2n) is 3.80. The molecule has 1 heterocycles. The standard InChI is InChI=1S/C12H6F3N5/c13-12(14,15)8-3-7(1-2-9(8)18)20-6-19-10(4-16)11(20)5-17/h1-3,6H,18H2. The third kappa shape index (κ3) is 2.15. The number of alkyl halides is 3. The van der Waals surface area contributed by atoms with Gasteiger partial charge in [0.2, 0.25) is 0 Å². The van der Waals surface area contributed by atoms with E-state index in [2.05, 4.69) is 4.98 Å². The first-order valence-corrected chi connectivity index (χ1v) is 5.23. The van der Waals surface area contributed by atoms with Crippen LogP contribution in [0.2, 0.25) is 0 Å². The highest BCUT2D eigenvalue weighted by Gasteiger charge is 2.33. The molecule has 0 saturated heterocycles. The number of imidazole rings is 1. The number of nitrogen functional groups attached to an aromatic ring is 1. The summed E-state index contributed by atoms with van der Waals surface area (Å²) < 4.78 is 39.4. The fraction of sp³-hybridized carbons (Fsp3) is 0.0833. The maximum Gasteiger partial charge on any atom is 0.418 e. The zero-order chi connectivity index (χ0) is 14.9. The van der Waals surface area contributed by atoms with E-state index in [0.717, 1.165) is 23.0 Å². The fourth-order valence-electron chi connectivity index (χ4n) is 1.67. The van der Waals surface area contributed by atoms with E-state index in [4.69, 9.17) is 16.3 Å². The van der Waals surface area contributed by atoms with Crippen LogP contribution in [0, 0.1) is 22.7 Å². The summed E-state index contributed by atoms with van der Waals surface area (Å²) in [7, 11) is 0. The molecule has 2 rings (SSSR count). The molecule has 5 nitrogen and oxygen atoms in total. The number of benzene rings is 1. The molecule has 1 aromatic carbocycles. The lowest BCUT2D eigenvalue weighted by Crippen LogP contribution is -2.10. The van der Waals surface area contributed by atoms with E-state index in [1.807, 2.05) is 0 Å². The van der Waals surface area contributed by atoms with E-state index in [1.165, 1.54) is 6.07 Å². The quantitative estimate of drug-likeness (QED) is 0.809. The Kier molecular flexibility index (Phi) is 3.08. The summed E-state index contributed by atoms with van der Waals surface area (Å²) in [6, 6.07) is 6.63. The summed E-state index contributed by atoms with van der Waals surface area (Å²) in [6.07, 6.45) is -3.49. The predicted octanol–water partition coefficient (Wildman–Crippen LogP) is 2.22. The topological polar surface area (TPSA) is 91.4 Å². The summed E-state index contributed by atoms with van der Waals surface area (Å²) in [6.45, 7) is 0. The molecule has 0 aliphatic carbocycles. The molecule has 0 unspecified atom stereocenters. The van der Waals surface area contributed by atoms with Crippen LogP contribution in [0.15, 0.2) is 24.5 Å². The first-order valence-electron chi connectivity index (χ1n) is 5.23. The number of nitrogens with zero attached hydrogens (tertiary/aromatic N) is 4. The fourth-order valence-corrected chi connectivity index (χ4v) is 1.67. The van der Waals surface area contributed by atoms with E-state index in [1.54, 1.807) is 12.1 Å². The molecular formula is C12H6F3N5. The van der Waals surface area contributed by atoms with Crippen molar-refractivity contribution in [1.29, 1.82) is 10.5 Å². The van der Waals surface area contributed by atoms with Crippen molar-refractivity contribution < 1.29 is 13.2 Å². The van der Waals surface area contributed by atoms with Crippen LogP contribution < -0.4 is 5.73 Å². The molecule has 0 atom stereocenters. The van der Waals surface area contributed by atoms with Crippen LogP contribution >= 0.6 is 0 Å². The molecule has 0 amide bonds. The Bertz CT molecular complexity index is 746. The van der Waals surface area contributed by atoms with Crippen molar-refractivity contribution in [3.05, 3.63) is 41.5 Å². The number of hydrogen-bond donors (Lipinski definition) is 1. The summed E-state index contributed by atoms with van der Waals surface area (Å²) in [5, 5.41) is 17.7. The lowest BCUT2D eigenvalue weighted by Gasteiger charge is -2.12. The van der Waals surface area contributed by atoms with Crippen molar-refractivity contribution in [3.8, 4) is 17.8 Å². The van der Waals surface area contributed by atoms with Gasteiger partial charge in [0.25, 0.3) is 0 Å². The van der Waals surface area contributed by atoms with Gasteiger partial charge in [0.15, 0.2) is 11.4 Å². The minimum atomic E-state index is -4.61. The first-order chi connectivity index (χ1) is 9.38. The molecule has 8 heteroatoms. The second kappa shape index (κ2) is 4.59. The van der Waals surface area contributed by atoms with Gasteiger partial charge >= 0.3 is 6.18 Å². The predicted molar refractivity (Wildman–Crippen MR) is 62.4 cm³/mol. The number of hydrogen-bond acceptors (Lipinski definition) is 4. The molecule has 0 aliphatic heterocycles. The zero-order valence-electron chi connectivity index (χ0n) is 9.81. The lowest BCUT2D eigenvalue weighted by atomic mass is 10.1. The highest BCUT2D eigenvalue weighted by atomic mass is 19.4. The molecule has 0 bridgehead atoms. The van der Waals surface area contributed by atoms with E-state index in [0.29, 0.717) is 0 Å². The van der Waals surface area contributed by atoms with Crippen molar-refractivity contribution in [3.63, 3.8) is 0 Å². The molecule has 0 aliphatic rings. The second-order valence-corrected chi connectivity index (χ2v) is 3.80. The number of nitriles is 2. The Hall–Kier alpha value is -3.00. The van der Waals surface area contributed by atoms with Gasteiger partial charge in [0.05, 0.1) is 5.56 Å². The molecule has 100 valence electrons. The van der Waals surface area contributed by atoms with Crippen LogP contribution in [-0.2, 0) is 6.18 Å². The van der Waals surface area contributed by atoms with Crippen LogP contribution in [0.1, 0.15) is 17.0 Å². The van der Waals surface area contributed by atoms with Gasteiger partial charge in [-0.1, -0.05) is 0 Å². The smallest absolute Gasteiger partial charge is 0.398 e. The molecule has 0 saturated carbocycles. The van der Waals surface area contributed by atoms with E-state index in [-0.39, 0.29) is 17.1 Å². The number of anilines is 1. The van der Waals surface area contributed by atoms with Gasteiger partial charge in [-0.15, -0.1) is 0 Å². The molecular weight excluding hydrogens is 271 g/mol. The third-order valence-electron chi connectivity index (χ3n) is 2.60. The van der Waals surface area contributed by atoms with Crippen molar-refractivity contribution in [2.24, 2.45) is 0 Å². The monoisotopic (exact) mass is 277 g/mol. The molecule has 20 heavy (non-hydrogen) atoms. The Morgan fingerprint density at radius 3 is 2.45 bits per heavy atom. The Morgan fingerprint density at radius 1 is 1.20 bits per heavy atom. The maximum absolute atomic E-state index is 12.8. The highest BCUT2D eigenvalue weighted by Crippen LogP contribution is 2.34. The normalized spacial score (nSPS) is 10.8. The number of aromatic nitrogens is 2. The summed E-state index contributed by atoms with van der Waals surface area (Å²) in [5.41, 5.74) is 3.63. The minimum absolute atomic E-state index is 0.0528. The van der Waals surface area contributed by atoms with Crippen molar-refractivity contribution in [2.45, 2.75) is 6.18 Å². The average molecular weight is 277 g/mol. The summed E-state index contributed by atoms with van der Waals surface area (Å²) >= 11 is 0. The number of halogens is 3. The van der Waals surface area contributed by atoms with Crippen molar-refractivity contribution in [1.82, 2.24) is 9.55 Å². The van der Waals surface area contributed by atoms with Crippen LogP contribution in [0.4, 0.5) is 18.9 Å². The maximum atomic E-state index is 12.8. The Morgan fingerprint density at radius 2 is 1.90 bits per heavy atom. The van der Waals surface area contributed by atoms with Crippen LogP contribution in [-0.4, -0.2) is 9.55 Å². The molecule has 0 radical (unpaired) electrons. The largest absolute Gasteiger partial charge is 0.418 e. The van der Waals surface area contributed by atoms with Gasteiger partial charge in [0, 0.05) is 11.4 Å². The van der Waals surface area contributed by atoms with Gasteiger partial charge in [-0.05, 0) is 18.2 Å². The van der Waals surface area contributed by atoms with Crippen LogP contribution in [0.25, 0.3) is 5.69 Å². The number of rotatable bonds is 1. The van der Waals surface area contributed by atoms with Crippen molar-refractivity contribution >= 4 is 5.69 Å². The Balaban J connectivity index is 2.65. The van der Waals surface area contributed by atoms with Crippen molar-refractivity contribution in [2.75, 3.05) is 5.73 Å². The summed E-state index contributed by atoms with van der Waals surface area (Å²) in [5.74, 6) is 0. The van der Waals surface area contributed by atoms with Gasteiger partial charge in [0.1, 0.15) is 18.5 Å². The molecule has 0 spiro atoms. The van der Waals surface area contributed by atoms with Crippen LogP contribution in [0.5, 0.6) is 0 Å². The van der Waals surface area contributed by atoms with E-state index >= 15 is 0 Å². The zero-order valence-corrected chi connectivity index (χ0v) is 9.81. The molecule has 1 aromatic heterocycles. The van der Waals surface area contributed by atoms with E-state index in [9.17, 15) is 13.2 Å². The first kappa shape index (κ1) is 13.4. The molecule has 2 aromatic rings. The average Bonchev–Trinajstić information content (AvgIpc) is 2.80. The van der Waals surface area contributed by atoms with Crippen LogP contribution in [0.3, 0.4) is 0 Å². The minimum Gasteiger partial charge on any atom is -0.398 e. The number of nitrogens with two attached hydrogens (primary N) is 1. The van der Waals surface area contributed by atoms with Gasteiger partial charge in [-0.25, -0.2) is 4.98 Å². The van der Waals surface area contributed by atoms with Gasteiger partial charge in [-0.2, -0.15) is 23.7 Å². The van der Waals surface area contributed by atoms with Gasteiger partial charge in [-0.3, -0.25) is 4.57 Å². The Labute approximate surface area is 111 Å². The molecule has 2 N–H and O–H groups in total. The summed E-state index contributed by atoms with van der Waals surface area (Å²) in [4.78, 5) is 3.66. The molecule has 0 fully saturated rings. The van der Waals surface area contributed by atoms with Gasteiger partial charge < -0.3 is 5.73 Å². The lowest BCUT2D eigenvalue weighted by molar-refractivity contribution is -0.136. The third-order valence-corrected chi connectivity index (χ3v) is 2.60. The van der Waals surface area contributed by atoms with E-state index < -0.39 is 17.4 Å².